The highest BCUT2D eigenvalue weighted by molar-refractivity contribution is 5.93. The summed E-state index contributed by atoms with van der Waals surface area (Å²) in [7, 11) is 0. The molecule has 154 valence electrons. The molecule has 0 radical (unpaired) electrons. The number of aromatic nitrogens is 2. The second kappa shape index (κ2) is 9.48. The third-order valence-electron chi connectivity index (χ3n) is 5.49. The van der Waals surface area contributed by atoms with Gasteiger partial charge in [-0.3, -0.25) is 4.79 Å². The van der Waals surface area contributed by atoms with Gasteiger partial charge in [0.25, 0.3) is 5.91 Å². The Kier molecular flexibility index (Phi) is 6.32. The van der Waals surface area contributed by atoms with Crippen LogP contribution in [0.15, 0.2) is 67.0 Å². The number of para-hydroxylation sites is 1. The summed E-state index contributed by atoms with van der Waals surface area (Å²) in [4.78, 5) is 23.4. The highest BCUT2D eigenvalue weighted by Crippen LogP contribution is 2.23. The summed E-state index contributed by atoms with van der Waals surface area (Å²) in [5.74, 6) is 0.689. The average molecular weight is 404 g/mol. The van der Waals surface area contributed by atoms with Crippen LogP contribution < -0.4 is 5.32 Å². The monoisotopic (exact) mass is 404 g/mol. The molecule has 0 saturated carbocycles. The second-order valence-corrected chi connectivity index (χ2v) is 7.71. The van der Waals surface area contributed by atoms with E-state index in [9.17, 15) is 9.18 Å². The predicted octanol–water partition coefficient (Wildman–Crippen LogP) is 4.84. The van der Waals surface area contributed by atoms with Crippen LogP contribution in [-0.2, 0) is 6.42 Å². The van der Waals surface area contributed by atoms with E-state index in [4.69, 9.17) is 0 Å². The van der Waals surface area contributed by atoms with Crippen LogP contribution in [0.5, 0.6) is 0 Å². The van der Waals surface area contributed by atoms with Crippen molar-refractivity contribution < 1.29 is 9.18 Å². The molecule has 1 atom stereocenters. The molecule has 1 saturated heterocycles. The fourth-order valence-corrected chi connectivity index (χ4v) is 3.84. The molecule has 2 heterocycles. The lowest BCUT2D eigenvalue weighted by atomic mass is 9.91. The van der Waals surface area contributed by atoms with Crippen molar-refractivity contribution in [1.82, 2.24) is 14.9 Å². The minimum atomic E-state index is -0.208. The summed E-state index contributed by atoms with van der Waals surface area (Å²) in [6.07, 6.45) is 7.17. The number of likely N-dealkylation sites (tertiary alicyclic amines) is 1. The number of carbonyl (C=O) groups is 1. The average Bonchev–Trinajstić information content (AvgIpc) is 2.80. The molecule has 0 unspecified atom stereocenters. The zero-order chi connectivity index (χ0) is 20.8. The summed E-state index contributed by atoms with van der Waals surface area (Å²) < 4.78 is 13.1. The molecule has 1 fully saturated rings. The topological polar surface area (TPSA) is 58.1 Å². The lowest BCUT2D eigenvalue weighted by Crippen LogP contribution is -2.40. The van der Waals surface area contributed by atoms with Gasteiger partial charge in [0, 0.05) is 31.2 Å². The highest BCUT2D eigenvalue weighted by Gasteiger charge is 2.24. The molecule has 30 heavy (non-hydrogen) atoms. The molecule has 0 spiro atoms. The number of rotatable bonds is 6. The minimum Gasteiger partial charge on any atom is -0.338 e. The molecule has 1 aliphatic rings. The number of hydrogen-bond acceptors (Lipinski definition) is 4. The Hall–Kier alpha value is -3.28. The second-order valence-electron chi connectivity index (χ2n) is 7.71. The van der Waals surface area contributed by atoms with E-state index in [2.05, 4.69) is 15.3 Å². The van der Waals surface area contributed by atoms with Crippen molar-refractivity contribution in [2.45, 2.75) is 25.7 Å². The van der Waals surface area contributed by atoms with Gasteiger partial charge in [0.15, 0.2) is 0 Å². The highest BCUT2D eigenvalue weighted by atomic mass is 19.1. The summed E-state index contributed by atoms with van der Waals surface area (Å²) in [5.41, 5.74) is 2.54. The van der Waals surface area contributed by atoms with Gasteiger partial charge < -0.3 is 10.2 Å². The zero-order valence-corrected chi connectivity index (χ0v) is 16.8. The van der Waals surface area contributed by atoms with Crippen LogP contribution in [0.4, 0.5) is 16.0 Å². The Morgan fingerprint density at radius 2 is 1.80 bits per heavy atom. The van der Waals surface area contributed by atoms with E-state index in [-0.39, 0.29) is 11.7 Å². The lowest BCUT2D eigenvalue weighted by molar-refractivity contribution is 0.0667. The van der Waals surface area contributed by atoms with E-state index < -0.39 is 0 Å². The normalized spacial score (nSPS) is 16.3. The Balaban J connectivity index is 1.32. The third-order valence-corrected chi connectivity index (χ3v) is 5.49. The number of amides is 1. The molecule has 0 aliphatic carbocycles. The van der Waals surface area contributed by atoms with Crippen molar-refractivity contribution in [2.75, 3.05) is 18.4 Å². The Labute approximate surface area is 176 Å². The first-order chi connectivity index (χ1) is 14.7. The zero-order valence-electron chi connectivity index (χ0n) is 16.8. The van der Waals surface area contributed by atoms with Gasteiger partial charge >= 0.3 is 0 Å². The Bertz CT molecular complexity index is 961. The number of nitrogens with zero attached hydrogens (tertiary/aromatic N) is 3. The van der Waals surface area contributed by atoms with Gasteiger partial charge in [-0.05, 0) is 61.4 Å². The van der Waals surface area contributed by atoms with Crippen LogP contribution in [0, 0.1) is 11.7 Å². The van der Waals surface area contributed by atoms with Gasteiger partial charge in [0.05, 0.1) is 5.56 Å². The minimum absolute atomic E-state index is 0.0206. The van der Waals surface area contributed by atoms with Gasteiger partial charge in [-0.15, -0.1) is 0 Å². The maximum absolute atomic E-state index is 13.1. The smallest absolute Gasteiger partial charge is 0.257 e. The van der Waals surface area contributed by atoms with Crippen molar-refractivity contribution >= 4 is 17.5 Å². The van der Waals surface area contributed by atoms with Crippen molar-refractivity contribution in [3.8, 4) is 0 Å². The molecule has 1 aromatic heterocycles. The molecule has 0 bridgehead atoms. The molecule has 5 nitrogen and oxygen atoms in total. The number of halogens is 1. The van der Waals surface area contributed by atoms with E-state index in [1.165, 1.54) is 12.1 Å². The molecule has 6 heteroatoms. The molecule has 2 aromatic carbocycles. The molecular formula is C24H25FN4O. The van der Waals surface area contributed by atoms with Crippen LogP contribution in [0.25, 0.3) is 0 Å². The number of piperidine rings is 1. The van der Waals surface area contributed by atoms with Crippen molar-refractivity contribution in [3.05, 3.63) is 83.9 Å². The van der Waals surface area contributed by atoms with Crippen LogP contribution in [-0.4, -0.2) is 33.9 Å². The summed E-state index contributed by atoms with van der Waals surface area (Å²) in [6.45, 7) is 1.50. The van der Waals surface area contributed by atoms with Gasteiger partial charge in [-0.2, -0.15) is 0 Å². The number of hydrogen-bond donors (Lipinski definition) is 1. The van der Waals surface area contributed by atoms with Gasteiger partial charge in [0.2, 0.25) is 5.95 Å². The Morgan fingerprint density at radius 1 is 1.07 bits per heavy atom. The predicted molar refractivity (Wildman–Crippen MR) is 115 cm³/mol. The van der Waals surface area contributed by atoms with E-state index >= 15 is 0 Å². The van der Waals surface area contributed by atoms with Crippen molar-refractivity contribution in [3.63, 3.8) is 0 Å². The fraction of sp³-hybridized carbons (Fsp3) is 0.292. The van der Waals surface area contributed by atoms with Crippen LogP contribution in [0.1, 0.15) is 35.2 Å². The summed E-state index contributed by atoms with van der Waals surface area (Å²) >= 11 is 0. The maximum atomic E-state index is 13.1. The quantitative estimate of drug-likeness (QED) is 0.638. The number of anilines is 2. The number of aryl methyl sites for hydroxylation is 1. The van der Waals surface area contributed by atoms with Gasteiger partial charge in [-0.25, -0.2) is 14.4 Å². The summed E-state index contributed by atoms with van der Waals surface area (Å²) in [5, 5.41) is 3.12. The van der Waals surface area contributed by atoms with Gasteiger partial charge in [0.1, 0.15) is 5.82 Å². The lowest BCUT2D eigenvalue weighted by Gasteiger charge is -2.32. The Morgan fingerprint density at radius 3 is 2.53 bits per heavy atom. The first-order valence-electron chi connectivity index (χ1n) is 10.4. The van der Waals surface area contributed by atoms with Gasteiger partial charge in [-0.1, -0.05) is 30.3 Å². The van der Waals surface area contributed by atoms with E-state index in [1.54, 1.807) is 12.4 Å². The van der Waals surface area contributed by atoms with Crippen LogP contribution in [0.3, 0.4) is 0 Å². The van der Waals surface area contributed by atoms with Crippen LogP contribution in [0.2, 0.25) is 0 Å². The largest absolute Gasteiger partial charge is 0.338 e. The molecule has 4 rings (SSSR count). The first kappa shape index (κ1) is 20.0. The van der Waals surface area contributed by atoms with E-state index in [1.807, 2.05) is 47.4 Å². The summed E-state index contributed by atoms with van der Waals surface area (Å²) in [6, 6.07) is 16.4. The molecule has 3 aromatic rings. The van der Waals surface area contributed by atoms with E-state index in [0.29, 0.717) is 17.4 Å². The molecule has 1 aliphatic heterocycles. The third kappa shape index (κ3) is 5.20. The van der Waals surface area contributed by atoms with Crippen molar-refractivity contribution in [2.24, 2.45) is 5.92 Å². The first-order valence-corrected chi connectivity index (χ1v) is 10.4. The van der Waals surface area contributed by atoms with E-state index in [0.717, 1.165) is 50.0 Å². The molecular weight excluding hydrogens is 379 g/mol. The maximum Gasteiger partial charge on any atom is 0.257 e. The fourth-order valence-electron chi connectivity index (χ4n) is 3.84. The number of benzene rings is 2. The number of nitrogens with one attached hydrogen (secondary N) is 1. The molecule has 1 N–H and O–H groups in total. The standard InChI is InChI=1S/C24H25FN4O/c25-21-12-10-18(11-13-21)8-9-19-5-4-14-29(17-19)23(30)20-15-26-24(27-16-20)28-22-6-2-1-3-7-22/h1-3,6-7,10-13,15-16,19H,4-5,8-9,14,17H2,(H,26,27,28)/t19-/m1/s1. The SMILES string of the molecule is O=C(c1cnc(Nc2ccccc2)nc1)N1CCC[C@H](CCc2ccc(F)cc2)C1. The molecule has 1 amide bonds. The van der Waals surface area contributed by atoms with Crippen LogP contribution >= 0.6 is 0 Å². The number of carbonyl (C=O) groups excluding carboxylic acids is 1. The van der Waals surface area contributed by atoms with Crippen molar-refractivity contribution in [1.29, 1.82) is 0 Å².